The summed E-state index contributed by atoms with van der Waals surface area (Å²) in [5.41, 5.74) is 2.27. The largest absolute Gasteiger partial charge is 0.489 e. The summed E-state index contributed by atoms with van der Waals surface area (Å²) in [7, 11) is 0. The van der Waals surface area contributed by atoms with Crippen LogP contribution >= 0.6 is 11.3 Å². The lowest BCUT2D eigenvalue weighted by Gasteiger charge is -2.25. The number of amides is 1. The summed E-state index contributed by atoms with van der Waals surface area (Å²) in [5, 5.41) is 5.65. The highest BCUT2D eigenvalue weighted by Gasteiger charge is 2.15. The average Bonchev–Trinajstić information content (AvgIpc) is 3.23. The van der Waals surface area contributed by atoms with Gasteiger partial charge in [-0.1, -0.05) is 30.3 Å². The molecule has 0 radical (unpaired) electrons. The van der Waals surface area contributed by atoms with E-state index in [1.54, 1.807) is 0 Å². The molecule has 3 aromatic rings. The smallest absolute Gasteiger partial charge is 0.275 e. The Kier molecular flexibility index (Phi) is 6.51. The van der Waals surface area contributed by atoms with Crippen LogP contribution in [0.5, 0.6) is 5.75 Å². The van der Waals surface area contributed by atoms with Crippen LogP contribution in [0.2, 0.25) is 0 Å². The molecule has 7 heteroatoms. The van der Waals surface area contributed by atoms with E-state index in [1.165, 1.54) is 11.3 Å². The van der Waals surface area contributed by atoms with Crippen LogP contribution in [0.4, 0.5) is 5.69 Å². The van der Waals surface area contributed by atoms with Crippen molar-refractivity contribution in [3.8, 4) is 5.75 Å². The molecule has 0 aliphatic carbocycles. The Labute approximate surface area is 174 Å². The first-order chi connectivity index (χ1) is 14.3. The van der Waals surface area contributed by atoms with Gasteiger partial charge in [-0.05, 0) is 29.8 Å². The van der Waals surface area contributed by atoms with Crippen LogP contribution in [-0.4, -0.2) is 42.1 Å². The van der Waals surface area contributed by atoms with Gasteiger partial charge in [0.15, 0.2) is 0 Å². The number of nitrogens with one attached hydrogen (secondary N) is 1. The quantitative estimate of drug-likeness (QED) is 0.643. The number of rotatable bonds is 7. The minimum atomic E-state index is -0.201. The number of hydrogen-bond acceptors (Lipinski definition) is 6. The second-order valence-corrected chi connectivity index (χ2v) is 7.71. The predicted octanol–water partition coefficient (Wildman–Crippen LogP) is 3.81. The summed E-state index contributed by atoms with van der Waals surface area (Å²) in [5.74, 6) is 0.556. The van der Waals surface area contributed by atoms with Gasteiger partial charge in [0.2, 0.25) is 0 Å². The molecule has 1 aromatic heterocycles. The van der Waals surface area contributed by atoms with Gasteiger partial charge in [0.25, 0.3) is 5.91 Å². The number of nitrogens with zero attached hydrogens (tertiary/aromatic N) is 2. The molecule has 0 unspecified atom stereocenters. The minimum absolute atomic E-state index is 0.201. The van der Waals surface area contributed by atoms with Crippen LogP contribution in [0.25, 0.3) is 0 Å². The van der Waals surface area contributed by atoms with Crippen LogP contribution in [0.3, 0.4) is 0 Å². The molecule has 1 aliphatic rings. The molecule has 1 N–H and O–H groups in total. The lowest BCUT2D eigenvalue weighted by Crippen LogP contribution is -2.35. The SMILES string of the molecule is O=C(Nc1ccc(OCc2ccccc2)cc1)c1csc(CN2CCOCC2)n1. The Hall–Kier alpha value is -2.74. The summed E-state index contributed by atoms with van der Waals surface area (Å²) in [6, 6.07) is 17.4. The van der Waals surface area contributed by atoms with E-state index in [-0.39, 0.29) is 5.91 Å². The molecule has 1 saturated heterocycles. The Bertz CT molecular complexity index is 922. The summed E-state index contributed by atoms with van der Waals surface area (Å²) in [6.07, 6.45) is 0. The van der Waals surface area contributed by atoms with Gasteiger partial charge in [0.1, 0.15) is 23.1 Å². The van der Waals surface area contributed by atoms with Crippen molar-refractivity contribution in [3.63, 3.8) is 0 Å². The number of ether oxygens (including phenoxy) is 2. The lowest BCUT2D eigenvalue weighted by atomic mass is 10.2. The molecular formula is C22H23N3O3S. The lowest BCUT2D eigenvalue weighted by molar-refractivity contribution is 0.0341. The van der Waals surface area contributed by atoms with E-state index in [2.05, 4.69) is 15.2 Å². The fraction of sp³-hybridized carbons (Fsp3) is 0.273. The molecule has 0 spiro atoms. The Balaban J connectivity index is 1.29. The van der Waals surface area contributed by atoms with E-state index >= 15 is 0 Å². The topological polar surface area (TPSA) is 63.7 Å². The maximum Gasteiger partial charge on any atom is 0.275 e. The number of anilines is 1. The van der Waals surface area contributed by atoms with Crippen molar-refractivity contribution >= 4 is 22.9 Å². The summed E-state index contributed by atoms with van der Waals surface area (Å²) in [6.45, 7) is 4.58. The molecule has 2 aromatic carbocycles. The number of thiazole rings is 1. The van der Waals surface area contributed by atoms with Crippen LogP contribution in [0.15, 0.2) is 60.0 Å². The molecule has 4 rings (SSSR count). The monoisotopic (exact) mass is 409 g/mol. The maximum absolute atomic E-state index is 12.5. The standard InChI is InChI=1S/C22H23N3O3S/c26-22(20-16-29-21(24-20)14-25-10-12-27-13-11-25)23-18-6-8-19(9-7-18)28-15-17-4-2-1-3-5-17/h1-9,16H,10-15H2,(H,23,26). The van der Waals surface area contributed by atoms with Crippen LogP contribution < -0.4 is 10.1 Å². The Morgan fingerprint density at radius 2 is 1.86 bits per heavy atom. The molecule has 29 heavy (non-hydrogen) atoms. The van der Waals surface area contributed by atoms with Crippen molar-refractivity contribution in [2.24, 2.45) is 0 Å². The summed E-state index contributed by atoms with van der Waals surface area (Å²) in [4.78, 5) is 19.3. The Morgan fingerprint density at radius 3 is 2.62 bits per heavy atom. The van der Waals surface area contributed by atoms with E-state index in [9.17, 15) is 4.79 Å². The zero-order valence-corrected chi connectivity index (χ0v) is 16.9. The normalized spacial score (nSPS) is 14.5. The van der Waals surface area contributed by atoms with Crippen LogP contribution in [-0.2, 0) is 17.9 Å². The van der Waals surface area contributed by atoms with Crippen molar-refractivity contribution in [3.05, 3.63) is 76.2 Å². The third-order valence-corrected chi connectivity index (χ3v) is 5.44. The molecule has 1 aliphatic heterocycles. The van der Waals surface area contributed by atoms with Crippen molar-refractivity contribution in [2.45, 2.75) is 13.2 Å². The van der Waals surface area contributed by atoms with Crippen molar-refractivity contribution in [1.29, 1.82) is 0 Å². The first-order valence-corrected chi connectivity index (χ1v) is 10.5. The molecule has 1 amide bonds. The number of carbonyl (C=O) groups excluding carboxylic acids is 1. The Morgan fingerprint density at radius 1 is 1.10 bits per heavy atom. The predicted molar refractivity (Wildman–Crippen MR) is 113 cm³/mol. The van der Waals surface area contributed by atoms with Gasteiger partial charge in [0, 0.05) is 24.2 Å². The molecule has 0 saturated carbocycles. The molecule has 2 heterocycles. The second kappa shape index (κ2) is 9.65. The number of benzene rings is 2. The summed E-state index contributed by atoms with van der Waals surface area (Å²) >= 11 is 1.51. The fourth-order valence-electron chi connectivity index (χ4n) is 3.01. The summed E-state index contributed by atoms with van der Waals surface area (Å²) < 4.78 is 11.1. The van der Waals surface area contributed by atoms with Crippen LogP contribution in [0, 0.1) is 0 Å². The van der Waals surface area contributed by atoms with Crippen molar-refractivity contribution in [2.75, 3.05) is 31.6 Å². The number of aromatic nitrogens is 1. The van der Waals surface area contributed by atoms with Gasteiger partial charge in [-0.25, -0.2) is 4.98 Å². The van der Waals surface area contributed by atoms with Gasteiger partial charge < -0.3 is 14.8 Å². The highest BCUT2D eigenvalue weighted by atomic mass is 32.1. The molecule has 0 bridgehead atoms. The molecule has 6 nitrogen and oxygen atoms in total. The number of carbonyl (C=O) groups is 1. The van der Waals surface area contributed by atoms with E-state index in [0.717, 1.165) is 49.2 Å². The zero-order valence-electron chi connectivity index (χ0n) is 16.0. The van der Waals surface area contributed by atoms with E-state index in [4.69, 9.17) is 9.47 Å². The third-order valence-electron chi connectivity index (χ3n) is 4.61. The van der Waals surface area contributed by atoms with Gasteiger partial charge in [-0.3, -0.25) is 9.69 Å². The van der Waals surface area contributed by atoms with Crippen molar-refractivity contribution < 1.29 is 14.3 Å². The molecule has 150 valence electrons. The molecule has 0 atom stereocenters. The van der Waals surface area contributed by atoms with Gasteiger partial charge >= 0.3 is 0 Å². The number of morpholine rings is 1. The van der Waals surface area contributed by atoms with E-state index < -0.39 is 0 Å². The van der Waals surface area contributed by atoms with Gasteiger partial charge in [-0.15, -0.1) is 11.3 Å². The second-order valence-electron chi connectivity index (χ2n) is 6.77. The van der Waals surface area contributed by atoms with E-state index in [1.807, 2.05) is 60.0 Å². The van der Waals surface area contributed by atoms with Gasteiger partial charge in [-0.2, -0.15) is 0 Å². The van der Waals surface area contributed by atoms with Crippen LogP contribution in [0.1, 0.15) is 21.1 Å². The molecule has 1 fully saturated rings. The van der Waals surface area contributed by atoms with E-state index in [0.29, 0.717) is 18.0 Å². The zero-order chi connectivity index (χ0) is 19.9. The minimum Gasteiger partial charge on any atom is -0.489 e. The average molecular weight is 410 g/mol. The fourth-order valence-corrected chi connectivity index (χ4v) is 3.82. The number of hydrogen-bond donors (Lipinski definition) is 1. The highest BCUT2D eigenvalue weighted by Crippen LogP contribution is 2.19. The maximum atomic E-state index is 12.5. The highest BCUT2D eigenvalue weighted by molar-refractivity contribution is 7.09. The molecular weight excluding hydrogens is 386 g/mol. The van der Waals surface area contributed by atoms with Gasteiger partial charge in [0.05, 0.1) is 19.8 Å². The first-order valence-electron chi connectivity index (χ1n) is 9.59. The van der Waals surface area contributed by atoms with Crippen molar-refractivity contribution in [1.82, 2.24) is 9.88 Å². The first kappa shape index (κ1) is 19.6. The third kappa shape index (κ3) is 5.63.